The first-order chi connectivity index (χ1) is 27.4. The van der Waals surface area contributed by atoms with Gasteiger partial charge in [-0.3, -0.25) is 4.79 Å². The number of hydrogen-bond acceptors (Lipinski definition) is 16. The standard InChI is InChI=1S/C43H81N3O13/c1-17-31-43(10,51)36(48)26(4)33(44-54-20-18-19-45(11)12)24(2)22-42(9,53-16)38(59-40-34(47)30(46(13)14)21-25(3)55-40)27(5)35(28(6)39(50)57-31)58-32-23-41(8,52-15)37(49)29(7)56-32/h24-32,34-38,40,47-49,51H,17-23H2,1-16H3/b44-33+/t24-,25-,26+,27+,28-,29-,30+,31-,32-,34-,35+,36-,37-,38-,40+,41+,42-,43-/m1/s1. The largest absolute Gasteiger partial charge is 0.459 e. The smallest absolute Gasteiger partial charge is 0.311 e. The zero-order valence-electron chi connectivity index (χ0n) is 38.9. The predicted octanol–water partition coefficient (Wildman–Crippen LogP) is 3.19. The number of carbonyl (C=O) groups is 1. The Kier molecular flexibility index (Phi) is 19.1. The fourth-order valence-corrected chi connectivity index (χ4v) is 9.33. The Morgan fingerprint density at radius 2 is 1.49 bits per heavy atom. The molecule has 3 aliphatic rings. The van der Waals surface area contributed by atoms with Crippen LogP contribution in [0.5, 0.6) is 0 Å². The summed E-state index contributed by atoms with van der Waals surface area (Å²) in [5.41, 5.74) is -3.63. The first-order valence-corrected chi connectivity index (χ1v) is 21.6. The van der Waals surface area contributed by atoms with Crippen LogP contribution in [0.1, 0.15) is 101 Å². The van der Waals surface area contributed by atoms with Crippen molar-refractivity contribution in [3.63, 3.8) is 0 Å². The van der Waals surface area contributed by atoms with Gasteiger partial charge in [-0.15, -0.1) is 0 Å². The number of nitrogens with zero attached hydrogens (tertiary/aromatic N) is 3. The van der Waals surface area contributed by atoms with Crippen LogP contribution in [-0.2, 0) is 42.8 Å². The first-order valence-electron chi connectivity index (χ1n) is 21.6. The topological polar surface area (TPSA) is 191 Å². The molecule has 346 valence electrons. The van der Waals surface area contributed by atoms with Crippen molar-refractivity contribution in [2.24, 2.45) is 28.8 Å². The van der Waals surface area contributed by atoms with E-state index in [1.54, 1.807) is 41.7 Å². The van der Waals surface area contributed by atoms with Crippen LogP contribution >= 0.6 is 0 Å². The molecule has 0 aromatic rings. The number of ether oxygens (including phenoxy) is 7. The summed E-state index contributed by atoms with van der Waals surface area (Å²) < 4.78 is 44.8. The summed E-state index contributed by atoms with van der Waals surface area (Å²) in [7, 11) is 10.9. The molecule has 0 spiro atoms. The molecule has 16 heteroatoms. The van der Waals surface area contributed by atoms with Crippen molar-refractivity contribution in [1.82, 2.24) is 9.80 Å². The third-order valence-corrected chi connectivity index (χ3v) is 13.3. The molecule has 3 aliphatic heterocycles. The molecule has 0 unspecified atom stereocenters. The molecule has 18 atom stereocenters. The van der Waals surface area contributed by atoms with Crippen LogP contribution in [0.15, 0.2) is 5.16 Å². The highest BCUT2D eigenvalue weighted by Gasteiger charge is 2.54. The molecule has 0 aromatic heterocycles. The minimum absolute atomic E-state index is 0.140. The molecule has 3 heterocycles. The van der Waals surface area contributed by atoms with E-state index in [1.165, 1.54) is 14.0 Å². The van der Waals surface area contributed by atoms with Gasteiger partial charge in [-0.1, -0.05) is 32.9 Å². The molecule has 0 aromatic carbocycles. The van der Waals surface area contributed by atoms with E-state index in [0.717, 1.165) is 6.54 Å². The van der Waals surface area contributed by atoms with Gasteiger partial charge in [0.25, 0.3) is 0 Å². The predicted molar refractivity (Wildman–Crippen MR) is 223 cm³/mol. The van der Waals surface area contributed by atoms with Crippen molar-refractivity contribution >= 4 is 11.7 Å². The molecule has 0 radical (unpaired) electrons. The zero-order chi connectivity index (χ0) is 44.8. The molecule has 0 bridgehead atoms. The van der Waals surface area contributed by atoms with E-state index in [0.29, 0.717) is 25.2 Å². The monoisotopic (exact) mass is 848 g/mol. The van der Waals surface area contributed by atoms with Gasteiger partial charge < -0.3 is 68.2 Å². The van der Waals surface area contributed by atoms with E-state index < -0.39 is 102 Å². The molecule has 3 rings (SSSR count). The molecular formula is C43H81N3O13. The van der Waals surface area contributed by atoms with Crippen LogP contribution in [0.25, 0.3) is 0 Å². The summed E-state index contributed by atoms with van der Waals surface area (Å²) in [6.45, 7) is 19.0. The van der Waals surface area contributed by atoms with Crippen molar-refractivity contribution in [2.45, 2.75) is 186 Å². The summed E-state index contributed by atoms with van der Waals surface area (Å²) >= 11 is 0. The second kappa shape index (κ2) is 21.7. The highest BCUT2D eigenvalue weighted by molar-refractivity contribution is 5.88. The maximum absolute atomic E-state index is 14.4. The number of cyclic esters (lactones) is 1. The third kappa shape index (κ3) is 12.3. The van der Waals surface area contributed by atoms with Crippen molar-refractivity contribution in [3.8, 4) is 0 Å². The minimum Gasteiger partial charge on any atom is -0.459 e. The molecule has 59 heavy (non-hydrogen) atoms. The van der Waals surface area contributed by atoms with Crippen LogP contribution in [0.3, 0.4) is 0 Å². The Morgan fingerprint density at radius 3 is 2.05 bits per heavy atom. The van der Waals surface area contributed by atoms with Gasteiger partial charge in [-0.05, 0) is 95.4 Å². The fraction of sp³-hybridized carbons (Fsp3) is 0.953. The Labute approximate surface area is 354 Å². The van der Waals surface area contributed by atoms with E-state index in [-0.39, 0.29) is 31.4 Å². The second-order valence-electron chi connectivity index (χ2n) is 18.7. The Hall–Kier alpha value is -1.54. The summed E-state index contributed by atoms with van der Waals surface area (Å²) in [5, 5.41) is 51.5. The highest BCUT2D eigenvalue weighted by atomic mass is 16.7. The van der Waals surface area contributed by atoms with Gasteiger partial charge in [-0.25, -0.2) is 0 Å². The normalized spacial score (nSPS) is 45.4. The van der Waals surface area contributed by atoms with Crippen molar-refractivity contribution < 1.29 is 63.2 Å². The maximum atomic E-state index is 14.4. The summed E-state index contributed by atoms with van der Waals surface area (Å²) in [6.07, 6.45) is -7.48. The van der Waals surface area contributed by atoms with Gasteiger partial charge in [0.15, 0.2) is 12.6 Å². The van der Waals surface area contributed by atoms with Crippen molar-refractivity contribution in [3.05, 3.63) is 0 Å². The molecule has 0 saturated carbocycles. The van der Waals surface area contributed by atoms with Gasteiger partial charge in [-0.2, -0.15) is 0 Å². The van der Waals surface area contributed by atoms with E-state index in [2.05, 4.69) is 10.1 Å². The number of aliphatic hydroxyl groups is 4. The molecule has 3 saturated heterocycles. The number of esters is 1. The quantitative estimate of drug-likeness (QED) is 0.120. The number of methoxy groups -OCH3 is 2. The second-order valence-corrected chi connectivity index (χ2v) is 18.7. The van der Waals surface area contributed by atoms with Crippen molar-refractivity contribution in [1.29, 1.82) is 0 Å². The van der Waals surface area contributed by atoms with E-state index >= 15 is 0 Å². The van der Waals surface area contributed by atoms with Gasteiger partial charge in [0.1, 0.15) is 30.5 Å². The number of aliphatic hydroxyl groups excluding tert-OH is 3. The van der Waals surface area contributed by atoms with Crippen LogP contribution in [0.2, 0.25) is 0 Å². The maximum Gasteiger partial charge on any atom is 0.311 e. The fourth-order valence-electron chi connectivity index (χ4n) is 9.33. The molecule has 0 amide bonds. The lowest BCUT2D eigenvalue weighted by molar-refractivity contribution is -0.319. The minimum atomic E-state index is -1.90. The zero-order valence-corrected chi connectivity index (χ0v) is 38.9. The lowest BCUT2D eigenvalue weighted by Crippen LogP contribution is -2.61. The molecule has 4 N–H and O–H groups in total. The van der Waals surface area contributed by atoms with E-state index in [1.807, 2.05) is 60.8 Å². The molecular weight excluding hydrogens is 766 g/mol. The summed E-state index contributed by atoms with van der Waals surface area (Å²) in [5.74, 6) is -3.53. The molecule has 16 nitrogen and oxygen atoms in total. The van der Waals surface area contributed by atoms with Gasteiger partial charge in [0, 0.05) is 51.0 Å². The third-order valence-electron chi connectivity index (χ3n) is 13.3. The van der Waals surface area contributed by atoms with Gasteiger partial charge in [0.2, 0.25) is 0 Å². The van der Waals surface area contributed by atoms with Gasteiger partial charge >= 0.3 is 5.97 Å². The van der Waals surface area contributed by atoms with Crippen LogP contribution in [-0.4, -0.2) is 182 Å². The lowest BCUT2D eigenvalue weighted by atomic mass is 9.73. The Bertz CT molecular complexity index is 1340. The Balaban J connectivity index is 2.27. The van der Waals surface area contributed by atoms with E-state index in [4.69, 9.17) is 38.0 Å². The number of oxime groups is 1. The summed E-state index contributed by atoms with van der Waals surface area (Å²) in [4.78, 5) is 24.3. The highest BCUT2D eigenvalue weighted by Crippen LogP contribution is 2.42. The number of likely N-dealkylation sites (N-methyl/N-ethyl adjacent to an activating group) is 1. The average molecular weight is 848 g/mol. The van der Waals surface area contributed by atoms with Crippen LogP contribution < -0.4 is 0 Å². The first kappa shape index (κ1) is 51.8. The van der Waals surface area contributed by atoms with Crippen LogP contribution in [0, 0.1) is 23.7 Å². The Morgan fingerprint density at radius 1 is 0.864 bits per heavy atom. The molecule has 0 aliphatic carbocycles. The van der Waals surface area contributed by atoms with Crippen molar-refractivity contribution in [2.75, 3.05) is 55.6 Å². The SMILES string of the molecule is CC[C@H]1OC(=O)[C@H](C)[C@@H](O[C@@H]2C[C@](C)(OC)[C@H](O)[C@@H](C)O2)[C@H](C)[C@@H](O[C@@H]2O[C@H](C)C[C@H](N(C)C)[C@H]2O)[C@](C)(OC)C[C@@H](C)/C(=N\OCCCN(C)C)[C@H](C)[C@@H](O)[C@]1(C)O. The lowest BCUT2D eigenvalue weighted by Gasteiger charge is -2.50. The van der Waals surface area contributed by atoms with E-state index in [9.17, 15) is 25.2 Å². The number of hydrogen-bond donors (Lipinski definition) is 4. The number of carbonyl (C=O) groups excluding carboxylic acids is 1. The average Bonchev–Trinajstić information content (AvgIpc) is 3.17. The molecule has 3 fully saturated rings. The summed E-state index contributed by atoms with van der Waals surface area (Å²) in [6, 6.07) is -0.272. The number of rotatable bonds is 13. The van der Waals surface area contributed by atoms with Gasteiger partial charge in [0.05, 0.1) is 53.4 Å². The van der Waals surface area contributed by atoms with Crippen LogP contribution in [0.4, 0.5) is 0 Å².